The monoisotopic (exact) mass is 492 g/mol. The molecular formula is C26H24N2O6S. The first kappa shape index (κ1) is 23.9. The smallest absolute Gasteiger partial charge is 0.262 e. The average Bonchev–Trinajstić information content (AvgIpc) is 2.87. The first-order valence-corrected chi connectivity index (χ1v) is 12.1. The quantitative estimate of drug-likeness (QED) is 0.352. The first-order valence-electron chi connectivity index (χ1n) is 10.6. The molecule has 0 unspecified atom stereocenters. The van der Waals surface area contributed by atoms with Crippen LogP contribution in [0.4, 0.5) is 11.4 Å². The Kier molecular flexibility index (Phi) is 7.07. The van der Waals surface area contributed by atoms with E-state index in [1.54, 1.807) is 30.3 Å². The Bertz CT molecular complexity index is 1450. The topological polar surface area (TPSA) is 103 Å². The van der Waals surface area contributed by atoms with Crippen LogP contribution in [0.2, 0.25) is 0 Å². The van der Waals surface area contributed by atoms with Gasteiger partial charge in [0.2, 0.25) is 0 Å². The van der Waals surface area contributed by atoms with Crippen LogP contribution in [0.15, 0.2) is 89.8 Å². The fourth-order valence-corrected chi connectivity index (χ4v) is 4.50. The van der Waals surface area contributed by atoms with Crippen molar-refractivity contribution in [2.45, 2.75) is 4.90 Å². The molecule has 0 radical (unpaired) electrons. The molecule has 0 aliphatic rings. The molecule has 4 rings (SSSR count). The van der Waals surface area contributed by atoms with Gasteiger partial charge in [-0.25, -0.2) is 8.42 Å². The van der Waals surface area contributed by atoms with Gasteiger partial charge in [0, 0.05) is 5.69 Å². The Labute approximate surface area is 203 Å². The van der Waals surface area contributed by atoms with E-state index in [1.807, 2.05) is 36.4 Å². The maximum Gasteiger partial charge on any atom is 0.262 e. The summed E-state index contributed by atoms with van der Waals surface area (Å²) >= 11 is 0. The molecule has 1 amide bonds. The van der Waals surface area contributed by atoms with Gasteiger partial charge < -0.3 is 19.5 Å². The van der Waals surface area contributed by atoms with Crippen LogP contribution in [0.25, 0.3) is 10.8 Å². The highest BCUT2D eigenvalue weighted by atomic mass is 32.2. The van der Waals surface area contributed by atoms with Crippen LogP contribution in [0.3, 0.4) is 0 Å². The maximum absolute atomic E-state index is 12.9. The standard InChI is InChI=1S/C26H24N2O6S/c1-32-21-11-8-20(9-12-21)28-35(30,31)23-13-14-25(33-2)24(16-23)27-26(29)17-34-22-10-7-18-5-3-4-6-19(18)15-22/h3-16,28H,17H2,1-2H3,(H,27,29). The molecule has 0 saturated heterocycles. The van der Waals surface area contributed by atoms with E-state index in [9.17, 15) is 13.2 Å². The molecule has 180 valence electrons. The van der Waals surface area contributed by atoms with Gasteiger partial charge in [0.25, 0.3) is 15.9 Å². The van der Waals surface area contributed by atoms with Crippen molar-refractivity contribution in [3.05, 3.63) is 84.9 Å². The molecule has 9 heteroatoms. The molecule has 0 aromatic heterocycles. The van der Waals surface area contributed by atoms with E-state index in [1.165, 1.54) is 32.4 Å². The van der Waals surface area contributed by atoms with Crippen molar-refractivity contribution >= 4 is 38.1 Å². The van der Waals surface area contributed by atoms with Crippen LogP contribution in [-0.4, -0.2) is 35.2 Å². The number of carbonyl (C=O) groups excluding carboxylic acids is 1. The van der Waals surface area contributed by atoms with Gasteiger partial charge in [-0.3, -0.25) is 9.52 Å². The fraction of sp³-hybridized carbons (Fsp3) is 0.115. The average molecular weight is 493 g/mol. The summed E-state index contributed by atoms with van der Waals surface area (Å²) in [4.78, 5) is 12.5. The lowest BCUT2D eigenvalue weighted by Crippen LogP contribution is -2.21. The number of fused-ring (bicyclic) bond motifs is 1. The Hall–Kier alpha value is -4.24. The number of hydrogen-bond acceptors (Lipinski definition) is 6. The van der Waals surface area contributed by atoms with Crippen LogP contribution in [0.5, 0.6) is 17.2 Å². The highest BCUT2D eigenvalue weighted by Crippen LogP contribution is 2.29. The Morgan fingerprint density at radius 1 is 0.800 bits per heavy atom. The van der Waals surface area contributed by atoms with Crippen molar-refractivity contribution in [3.63, 3.8) is 0 Å². The minimum absolute atomic E-state index is 0.0418. The van der Waals surface area contributed by atoms with Gasteiger partial charge in [-0.2, -0.15) is 0 Å². The number of amides is 1. The molecule has 4 aromatic carbocycles. The molecule has 0 saturated carbocycles. The van der Waals surface area contributed by atoms with Crippen molar-refractivity contribution in [2.24, 2.45) is 0 Å². The molecule has 0 spiro atoms. The summed E-state index contributed by atoms with van der Waals surface area (Å²) in [7, 11) is -0.963. The van der Waals surface area contributed by atoms with Crippen LogP contribution < -0.4 is 24.2 Å². The molecule has 8 nitrogen and oxygen atoms in total. The number of sulfonamides is 1. The van der Waals surface area contributed by atoms with E-state index in [0.717, 1.165) is 10.8 Å². The number of methoxy groups -OCH3 is 2. The molecule has 0 aliphatic carbocycles. The molecule has 4 aromatic rings. The van der Waals surface area contributed by atoms with Crippen molar-refractivity contribution in [1.29, 1.82) is 0 Å². The summed E-state index contributed by atoms with van der Waals surface area (Å²) in [6.45, 7) is -0.261. The SMILES string of the molecule is COc1ccc(NS(=O)(=O)c2ccc(OC)c(NC(=O)COc3ccc4ccccc4c3)c2)cc1. The molecule has 0 aliphatic heterocycles. The van der Waals surface area contributed by atoms with E-state index in [-0.39, 0.29) is 17.2 Å². The van der Waals surface area contributed by atoms with Gasteiger partial charge in [-0.1, -0.05) is 30.3 Å². The van der Waals surface area contributed by atoms with Crippen LogP contribution in [-0.2, 0) is 14.8 Å². The van der Waals surface area contributed by atoms with E-state index < -0.39 is 15.9 Å². The summed E-state index contributed by atoms with van der Waals surface area (Å²) in [5.74, 6) is 1.00. The third-order valence-corrected chi connectivity index (χ3v) is 6.57. The number of nitrogens with one attached hydrogen (secondary N) is 2. The normalized spacial score (nSPS) is 11.0. The second kappa shape index (κ2) is 10.4. The van der Waals surface area contributed by atoms with Crippen molar-refractivity contribution < 1.29 is 27.4 Å². The Morgan fingerprint density at radius 2 is 1.51 bits per heavy atom. The lowest BCUT2D eigenvalue weighted by Gasteiger charge is -2.14. The second-order valence-electron chi connectivity index (χ2n) is 7.54. The predicted octanol–water partition coefficient (Wildman–Crippen LogP) is 4.68. The van der Waals surface area contributed by atoms with Crippen molar-refractivity contribution in [1.82, 2.24) is 0 Å². The first-order chi connectivity index (χ1) is 16.9. The molecule has 0 heterocycles. The molecular weight excluding hydrogens is 468 g/mol. The lowest BCUT2D eigenvalue weighted by molar-refractivity contribution is -0.118. The van der Waals surface area contributed by atoms with Gasteiger partial charge >= 0.3 is 0 Å². The number of hydrogen-bond donors (Lipinski definition) is 2. The molecule has 0 bridgehead atoms. The summed E-state index contributed by atoms with van der Waals surface area (Å²) in [5, 5.41) is 4.72. The minimum atomic E-state index is -3.92. The largest absolute Gasteiger partial charge is 0.497 e. The summed E-state index contributed by atoms with van der Waals surface area (Å²) in [6, 6.07) is 24.0. The van der Waals surface area contributed by atoms with Gasteiger partial charge in [-0.05, 0) is 65.4 Å². The Morgan fingerprint density at radius 3 is 2.23 bits per heavy atom. The zero-order valence-corrected chi connectivity index (χ0v) is 20.0. The maximum atomic E-state index is 12.9. The number of rotatable bonds is 9. The predicted molar refractivity (Wildman–Crippen MR) is 135 cm³/mol. The van der Waals surface area contributed by atoms with Crippen molar-refractivity contribution in [3.8, 4) is 17.2 Å². The fourth-order valence-electron chi connectivity index (χ4n) is 3.42. The highest BCUT2D eigenvalue weighted by Gasteiger charge is 2.18. The van der Waals surface area contributed by atoms with Gasteiger partial charge in [0.15, 0.2) is 6.61 Å². The van der Waals surface area contributed by atoms with Crippen molar-refractivity contribution in [2.75, 3.05) is 30.9 Å². The lowest BCUT2D eigenvalue weighted by atomic mass is 10.1. The zero-order valence-electron chi connectivity index (χ0n) is 19.1. The summed E-state index contributed by atoms with van der Waals surface area (Å²) in [6.07, 6.45) is 0. The summed E-state index contributed by atoms with van der Waals surface area (Å²) in [5.41, 5.74) is 0.577. The second-order valence-corrected chi connectivity index (χ2v) is 9.22. The summed E-state index contributed by atoms with van der Waals surface area (Å²) < 4.78 is 44.3. The van der Waals surface area contributed by atoms with Crippen LogP contribution in [0, 0.1) is 0 Å². The van der Waals surface area contributed by atoms with Crippen LogP contribution in [0.1, 0.15) is 0 Å². The number of carbonyl (C=O) groups is 1. The number of anilines is 2. The number of benzene rings is 4. The van der Waals surface area contributed by atoms with Gasteiger partial charge in [-0.15, -0.1) is 0 Å². The van der Waals surface area contributed by atoms with Gasteiger partial charge in [0.05, 0.1) is 24.8 Å². The third-order valence-electron chi connectivity index (χ3n) is 5.19. The van der Waals surface area contributed by atoms with E-state index in [2.05, 4.69) is 10.0 Å². The third kappa shape index (κ3) is 5.82. The minimum Gasteiger partial charge on any atom is -0.497 e. The zero-order chi connectivity index (χ0) is 24.8. The molecule has 0 fully saturated rings. The van der Waals surface area contributed by atoms with Crippen LogP contribution >= 0.6 is 0 Å². The number of ether oxygens (including phenoxy) is 3. The Balaban J connectivity index is 1.46. The highest BCUT2D eigenvalue weighted by molar-refractivity contribution is 7.92. The van der Waals surface area contributed by atoms with E-state index >= 15 is 0 Å². The van der Waals surface area contributed by atoms with Gasteiger partial charge in [0.1, 0.15) is 17.2 Å². The molecule has 0 atom stereocenters. The van der Waals surface area contributed by atoms with E-state index in [0.29, 0.717) is 22.9 Å². The molecule has 35 heavy (non-hydrogen) atoms. The van der Waals surface area contributed by atoms with E-state index in [4.69, 9.17) is 14.2 Å². The molecule has 2 N–H and O–H groups in total.